The maximum Gasteiger partial charge on any atom is 0.220 e. The molecule has 1 amide bonds. The second-order valence-electron chi connectivity index (χ2n) is 6.15. The van der Waals surface area contributed by atoms with Crippen LogP contribution < -0.4 is 10.6 Å². The maximum atomic E-state index is 11.1. The fourth-order valence-electron chi connectivity index (χ4n) is 3.27. The highest BCUT2D eigenvalue weighted by molar-refractivity contribution is 8.13. The third kappa shape index (κ3) is 3.25. The first-order valence-corrected chi connectivity index (χ1v) is 8.45. The average Bonchev–Trinajstić information content (AvgIpc) is 2.45. The van der Waals surface area contributed by atoms with Gasteiger partial charge in [0.2, 0.25) is 5.91 Å². The lowest BCUT2D eigenvalue weighted by atomic mass is 9.75. The number of thioether (sulfide) groups is 1. The quantitative estimate of drug-likeness (QED) is 0.772. The Labute approximate surface area is 119 Å². The van der Waals surface area contributed by atoms with Gasteiger partial charge in [-0.05, 0) is 24.7 Å². The zero-order chi connectivity index (χ0) is 13.1. The van der Waals surface area contributed by atoms with Gasteiger partial charge >= 0.3 is 0 Å². The lowest BCUT2D eigenvalue weighted by Gasteiger charge is -2.39. The van der Waals surface area contributed by atoms with Crippen molar-refractivity contribution in [3.05, 3.63) is 0 Å². The number of nitrogens with zero attached hydrogens (tertiary/aromatic N) is 1. The van der Waals surface area contributed by atoms with Gasteiger partial charge in [-0.2, -0.15) is 0 Å². The van der Waals surface area contributed by atoms with E-state index in [-0.39, 0.29) is 5.91 Å². The molecule has 1 atom stereocenters. The molecule has 0 aromatic carbocycles. The number of carbonyl (C=O) groups is 1. The van der Waals surface area contributed by atoms with Gasteiger partial charge in [-0.25, -0.2) is 0 Å². The van der Waals surface area contributed by atoms with Crippen molar-refractivity contribution in [1.29, 1.82) is 0 Å². The number of rotatable bonds is 1. The summed E-state index contributed by atoms with van der Waals surface area (Å²) >= 11 is 1.89. The second-order valence-corrected chi connectivity index (χ2v) is 7.12. The number of hydrogen-bond donors (Lipinski definition) is 2. The molecule has 19 heavy (non-hydrogen) atoms. The Morgan fingerprint density at radius 2 is 2.16 bits per heavy atom. The molecular formula is C14H23N3OS. The summed E-state index contributed by atoms with van der Waals surface area (Å²) in [6.45, 7) is 1.74. The SMILES string of the molecule is O=C1CCC(NC2=NCC3(CCCCC3)CS2)CN1. The van der Waals surface area contributed by atoms with Gasteiger partial charge in [-0.1, -0.05) is 31.0 Å². The second kappa shape index (κ2) is 5.73. The van der Waals surface area contributed by atoms with Gasteiger partial charge in [0, 0.05) is 31.3 Å². The monoisotopic (exact) mass is 281 g/mol. The molecule has 2 heterocycles. The average molecular weight is 281 g/mol. The highest BCUT2D eigenvalue weighted by Crippen LogP contribution is 2.41. The van der Waals surface area contributed by atoms with E-state index in [4.69, 9.17) is 4.99 Å². The molecule has 5 heteroatoms. The fraction of sp³-hybridized carbons (Fsp3) is 0.857. The minimum absolute atomic E-state index is 0.178. The molecule has 0 aromatic rings. The number of hydrogen-bond acceptors (Lipinski definition) is 4. The Bertz CT molecular complexity index is 367. The van der Waals surface area contributed by atoms with E-state index in [0.29, 0.717) is 17.9 Å². The number of amides is 1. The van der Waals surface area contributed by atoms with Crippen LogP contribution in [0, 0.1) is 5.41 Å². The van der Waals surface area contributed by atoms with Crippen LogP contribution in [-0.4, -0.2) is 36.0 Å². The maximum absolute atomic E-state index is 11.1. The first kappa shape index (κ1) is 13.3. The summed E-state index contributed by atoms with van der Waals surface area (Å²) in [6, 6.07) is 0.365. The number of nitrogens with one attached hydrogen (secondary N) is 2. The third-order valence-electron chi connectivity index (χ3n) is 4.58. The largest absolute Gasteiger partial charge is 0.360 e. The summed E-state index contributed by atoms with van der Waals surface area (Å²) in [5, 5.41) is 7.51. The zero-order valence-electron chi connectivity index (χ0n) is 11.4. The van der Waals surface area contributed by atoms with E-state index in [1.54, 1.807) is 0 Å². The van der Waals surface area contributed by atoms with Gasteiger partial charge in [0.25, 0.3) is 0 Å². The molecule has 4 nitrogen and oxygen atoms in total. The molecule has 1 spiro atoms. The lowest BCUT2D eigenvalue weighted by Crippen LogP contribution is -2.48. The first-order chi connectivity index (χ1) is 9.26. The van der Waals surface area contributed by atoms with Crippen LogP contribution in [0.2, 0.25) is 0 Å². The molecule has 3 aliphatic rings. The summed E-state index contributed by atoms with van der Waals surface area (Å²) in [6.07, 6.45) is 8.45. The summed E-state index contributed by atoms with van der Waals surface area (Å²) < 4.78 is 0. The van der Waals surface area contributed by atoms with Gasteiger partial charge < -0.3 is 10.6 Å². The summed E-state index contributed by atoms with van der Waals surface area (Å²) in [5.41, 5.74) is 0.495. The van der Waals surface area contributed by atoms with Crippen molar-refractivity contribution in [3.8, 4) is 0 Å². The number of aliphatic imine (C=N–C) groups is 1. The van der Waals surface area contributed by atoms with E-state index < -0.39 is 0 Å². The van der Waals surface area contributed by atoms with Gasteiger partial charge in [0.15, 0.2) is 5.17 Å². The van der Waals surface area contributed by atoms with Crippen LogP contribution in [0.5, 0.6) is 0 Å². The highest BCUT2D eigenvalue weighted by Gasteiger charge is 2.35. The normalized spacial score (nSPS) is 30.6. The van der Waals surface area contributed by atoms with Gasteiger partial charge in [-0.3, -0.25) is 9.79 Å². The lowest BCUT2D eigenvalue weighted by molar-refractivity contribution is -0.122. The van der Waals surface area contributed by atoms with Crippen molar-refractivity contribution >= 4 is 22.8 Å². The van der Waals surface area contributed by atoms with Crippen molar-refractivity contribution in [3.63, 3.8) is 0 Å². The van der Waals surface area contributed by atoms with E-state index in [0.717, 1.165) is 24.7 Å². The molecular weight excluding hydrogens is 258 g/mol. The summed E-state index contributed by atoms with van der Waals surface area (Å²) in [7, 11) is 0. The van der Waals surface area contributed by atoms with Crippen molar-refractivity contribution in [2.75, 3.05) is 18.8 Å². The molecule has 2 N–H and O–H groups in total. The molecule has 0 radical (unpaired) electrons. The van der Waals surface area contributed by atoms with E-state index in [1.807, 2.05) is 11.8 Å². The van der Waals surface area contributed by atoms with E-state index in [2.05, 4.69) is 10.6 Å². The molecule has 1 saturated carbocycles. The topological polar surface area (TPSA) is 53.5 Å². The van der Waals surface area contributed by atoms with Crippen LogP contribution in [0.15, 0.2) is 4.99 Å². The first-order valence-electron chi connectivity index (χ1n) is 7.46. The van der Waals surface area contributed by atoms with Crippen molar-refractivity contribution < 1.29 is 4.79 Å². The molecule has 1 aliphatic carbocycles. The van der Waals surface area contributed by atoms with Gasteiger partial charge in [0.1, 0.15) is 0 Å². The predicted octanol–water partition coefficient (Wildman–Crippen LogP) is 1.91. The minimum Gasteiger partial charge on any atom is -0.360 e. The number of amidine groups is 1. The highest BCUT2D eigenvalue weighted by atomic mass is 32.2. The Morgan fingerprint density at radius 3 is 2.79 bits per heavy atom. The van der Waals surface area contributed by atoms with Gasteiger partial charge in [-0.15, -0.1) is 0 Å². The van der Waals surface area contributed by atoms with E-state index in [9.17, 15) is 4.79 Å². The molecule has 0 aromatic heterocycles. The predicted molar refractivity (Wildman–Crippen MR) is 79.4 cm³/mol. The standard InChI is InChI=1S/C14H23N3OS/c18-12-5-4-11(8-15-12)17-13-16-9-14(10-19-13)6-2-1-3-7-14/h11H,1-10H2,(H,15,18)(H,16,17). The van der Waals surface area contributed by atoms with Crippen LogP contribution in [0.25, 0.3) is 0 Å². The fourth-order valence-corrected chi connectivity index (χ4v) is 4.50. The molecule has 3 rings (SSSR count). The van der Waals surface area contributed by atoms with E-state index >= 15 is 0 Å². The zero-order valence-corrected chi connectivity index (χ0v) is 12.2. The van der Waals surface area contributed by atoms with Crippen LogP contribution in [-0.2, 0) is 4.79 Å². The van der Waals surface area contributed by atoms with Crippen molar-refractivity contribution in [2.45, 2.75) is 51.0 Å². The minimum atomic E-state index is 0.178. The third-order valence-corrected chi connectivity index (χ3v) is 5.86. The summed E-state index contributed by atoms with van der Waals surface area (Å²) in [5.74, 6) is 1.40. The smallest absolute Gasteiger partial charge is 0.220 e. The van der Waals surface area contributed by atoms with Crippen molar-refractivity contribution in [2.24, 2.45) is 10.4 Å². The number of carbonyl (C=O) groups excluding carboxylic acids is 1. The molecule has 1 unspecified atom stereocenters. The van der Waals surface area contributed by atoms with Crippen LogP contribution >= 0.6 is 11.8 Å². The Balaban J connectivity index is 1.51. The van der Waals surface area contributed by atoms with Crippen molar-refractivity contribution in [1.82, 2.24) is 10.6 Å². The van der Waals surface area contributed by atoms with Crippen LogP contribution in [0.4, 0.5) is 0 Å². The van der Waals surface area contributed by atoms with Crippen LogP contribution in [0.1, 0.15) is 44.9 Å². The Morgan fingerprint density at radius 1 is 1.32 bits per heavy atom. The summed E-state index contributed by atoms with van der Waals surface area (Å²) in [4.78, 5) is 15.9. The molecule has 2 fully saturated rings. The molecule has 2 aliphatic heterocycles. The molecule has 106 valence electrons. The number of piperidine rings is 1. The van der Waals surface area contributed by atoms with Crippen LogP contribution in [0.3, 0.4) is 0 Å². The molecule has 1 saturated heterocycles. The Kier molecular flexibility index (Phi) is 4.01. The Hall–Kier alpha value is -0.710. The molecule has 0 bridgehead atoms. The van der Waals surface area contributed by atoms with Gasteiger partial charge in [0.05, 0.1) is 0 Å². The van der Waals surface area contributed by atoms with E-state index in [1.165, 1.54) is 37.9 Å².